The fourth-order valence-corrected chi connectivity index (χ4v) is 0.953. The summed E-state index contributed by atoms with van der Waals surface area (Å²) in [7, 11) is 0. The molecule has 3 heteroatoms. The first-order chi connectivity index (χ1) is 4.72. The van der Waals surface area contributed by atoms with E-state index in [1.807, 2.05) is 0 Å². The zero-order chi connectivity index (χ0) is 7.98. The van der Waals surface area contributed by atoms with Crippen LogP contribution in [-0.4, -0.2) is 18.9 Å². The van der Waals surface area contributed by atoms with Crippen LogP contribution < -0.4 is 11.5 Å². The van der Waals surface area contributed by atoms with Crippen molar-refractivity contribution in [3.05, 3.63) is 0 Å². The van der Waals surface area contributed by atoms with Gasteiger partial charge in [-0.1, -0.05) is 0 Å². The van der Waals surface area contributed by atoms with E-state index in [1.54, 1.807) is 6.92 Å². The number of hydrogen-bond acceptors (Lipinski definition) is 3. The number of carbonyl (C=O) groups excluding carboxylic acids is 1. The molecular weight excluding hydrogens is 128 g/mol. The van der Waals surface area contributed by atoms with E-state index in [0.717, 1.165) is 12.8 Å². The number of ketones is 1. The Morgan fingerprint density at radius 2 is 1.70 bits per heavy atom. The summed E-state index contributed by atoms with van der Waals surface area (Å²) < 4.78 is 0. The van der Waals surface area contributed by atoms with E-state index in [1.165, 1.54) is 0 Å². The van der Waals surface area contributed by atoms with Crippen LogP contribution in [0.1, 0.15) is 19.8 Å². The molecule has 10 heavy (non-hydrogen) atoms. The van der Waals surface area contributed by atoms with E-state index in [-0.39, 0.29) is 11.7 Å². The Bertz CT molecular complexity index is 97.8. The molecule has 0 bridgehead atoms. The summed E-state index contributed by atoms with van der Waals surface area (Å²) in [6.07, 6.45) is 1.54. The highest BCUT2D eigenvalue weighted by Crippen LogP contribution is 2.06. The van der Waals surface area contributed by atoms with Crippen LogP contribution in [0.4, 0.5) is 0 Å². The minimum absolute atomic E-state index is 0.0926. The Hall–Kier alpha value is -0.410. The third-order valence-corrected chi connectivity index (χ3v) is 1.61. The molecule has 3 nitrogen and oxygen atoms in total. The lowest BCUT2D eigenvalue weighted by atomic mass is 9.98. The fraction of sp³-hybridized carbons (Fsp3) is 0.857. The topological polar surface area (TPSA) is 69.1 Å². The van der Waals surface area contributed by atoms with E-state index in [2.05, 4.69) is 0 Å². The normalized spacial score (nSPS) is 10.4. The second-order valence-electron chi connectivity index (χ2n) is 2.46. The molecule has 0 heterocycles. The van der Waals surface area contributed by atoms with Crippen LogP contribution in [0.3, 0.4) is 0 Å². The number of rotatable bonds is 5. The van der Waals surface area contributed by atoms with Crippen molar-refractivity contribution in [2.24, 2.45) is 17.4 Å². The molecular formula is C7H16N2O. The SMILES string of the molecule is CC(=O)C(CCN)CCN. The van der Waals surface area contributed by atoms with Crippen molar-refractivity contribution < 1.29 is 4.79 Å². The highest BCUT2D eigenvalue weighted by atomic mass is 16.1. The predicted molar refractivity (Wildman–Crippen MR) is 41.5 cm³/mol. The smallest absolute Gasteiger partial charge is 0.133 e. The maximum absolute atomic E-state index is 10.8. The minimum atomic E-state index is 0.0926. The van der Waals surface area contributed by atoms with Gasteiger partial charge in [0, 0.05) is 5.92 Å². The third-order valence-electron chi connectivity index (χ3n) is 1.61. The van der Waals surface area contributed by atoms with Crippen LogP contribution in [0, 0.1) is 5.92 Å². The van der Waals surface area contributed by atoms with Gasteiger partial charge in [-0.25, -0.2) is 0 Å². The van der Waals surface area contributed by atoms with Gasteiger partial charge in [0.2, 0.25) is 0 Å². The summed E-state index contributed by atoms with van der Waals surface area (Å²) in [4.78, 5) is 10.8. The van der Waals surface area contributed by atoms with Crippen molar-refractivity contribution >= 4 is 5.78 Å². The molecule has 0 radical (unpaired) electrons. The minimum Gasteiger partial charge on any atom is -0.330 e. The summed E-state index contributed by atoms with van der Waals surface area (Å²) >= 11 is 0. The number of nitrogens with two attached hydrogens (primary N) is 2. The maximum Gasteiger partial charge on any atom is 0.133 e. The van der Waals surface area contributed by atoms with Gasteiger partial charge in [-0.2, -0.15) is 0 Å². The van der Waals surface area contributed by atoms with Gasteiger partial charge in [0.05, 0.1) is 0 Å². The van der Waals surface area contributed by atoms with Crippen molar-refractivity contribution in [2.45, 2.75) is 19.8 Å². The van der Waals surface area contributed by atoms with Crippen molar-refractivity contribution in [2.75, 3.05) is 13.1 Å². The van der Waals surface area contributed by atoms with Gasteiger partial charge in [0.25, 0.3) is 0 Å². The quantitative estimate of drug-likeness (QED) is 0.565. The van der Waals surface area contributed by atoms with E-state index in [0.29, 0.717) is 13.1 Å². The second kappa shape index (κ2) is 5.38. The largest absolute Gasteiger partial charge is 0.330 e. The first kappa shape index (κ1) is 9.59. The molecule has 60 valence electrons. The summed E-state index contributed by atoms with van der Waals surface area (Å²) in [5.41, 5.74) is 10.6. The fourth-order valence-electron chi connectivity index (χ4n) is 0.953. The molecule has 0 saturated carbocycles. The number of Topliss-reactive ketones (excluding diaryl/α,β-unsaturated/α-hetero) is 1. The molecule has 0 saturated heterocycles. The summed E-state index contributed by atoms with van der Waals surface area (Å²) in [6, 6.07) is 0. The average Bonchev–Trinajstić information content (AvgIpc) is 1.87. The van der Waals surface area contributed by atoms with Crippen LogP contribution in [-0.2, 0) is 4.79 Å². The Morgan fingerprint density at radius 3 is 1.90 bits per heavy atom. The zero-order valence-electron chi connectivity index (χ0n) is 6.47. The molecule has 0 aromatic rings. The molecule has 0 aliphatic rings. The predicted octanol–water partition coefficient (Wildman–Crippen LogP) is -0.111. The molecule has 4 N–H and O–H groups in total. The molecule has 0 amide bonds. The van der Waals surface area contributed by atoms with Crippen LogP contribution in [0.25, 0.3) is 0 Å². The van der Waals surface area contributed by atoms with E-state index >= 15 is 0 Å². The average molecular weight is 144 g/mol. The Kier molecular flexibility index (Phi) is 5.16. The first-order valence-electron chi connectivity index (χ1n) is 3.63. The van der Waals surface area contributed by atoms with Crippen molar-refractivity contribution in [1.29, 1.82) is 0 Å². The summed E-state index contributed by atoms with van der Waals surface area (Å²) in [6.45, 7) is 2.74. The summed E-state index contributed by atoms with van der Waals surface area (Å²) in [5.74, 6) is 0.297. The monoisotopic (exact) mass is 144 g/mol. The lowest BCUT2D eigenvalue weighted by molar-refractivity contribution is -0.121. The molecule has 0 aliphatic heterocycles. The molecule has 0 spiro atoms. The van der Waals surface area contributed by atoms with Crippen molar-refractivity contribution in [3.63, 3.8) is 0 Å². The van der Waals surface area contributed by atoms with Gasteiger partial charge in [0.1, 0.15) is 5.78 Å². The van der Waals surface area contributed by atoms with E-state index in [9.17, 15) is 4.79 Å². The number of hydrogen-bond donors (Lipinski definition) is 2. The van der Waals surface area contributed by atoms with Gasteiger partial charge in [-0.15, -0.1) is 0 Å². The Balaban J connectivity index is 3.61. The molecule has 0 aromatic carbocycles. The summed E-state index contributed by atoms with van der Waals surface area (Å²) in [5, 5.41) is 0. The molecule has 0 atom stereocenters. The Morgan fingerprint density at radius 1 is 1.30 bits per heavy atom. The van der Waals surface area contributed by atoms with E-state index in [4.69, 9.17) is 11.5 Å². The lowest BCUT2D eigenvalue weighted by Crippen LogP contribution is -2.19. The maximum atomic E-state index is 10.8. The number of carbonyl (C=O) groups is 1. The standard InChI is InChI=1S/C7H16N2O/c1-6(10)7(2-4-8)3-5-9/h7H,2-5,8-9H2,1H3. The molecule has 0 unspecified atom stereocenters. The highest BCUT2D eigenvalue weighted by molar-refractivity contribution is 5.78. The van der Waals surface area contributed by atoms with Crippen molar-refractivity contribution in [1.82, 2.24) is 0 Å². The lowest BCUT2D eigenvalue weighted by Gasteiger charge is -2.09. The van der Waals surface area contributed by atoms with E-state index < -0.39 is 0 Å². The zero-order valence-corrected chi connectivity index (χ0v) is 6.47. The van der Waals surface area contributed by atoms with Crippen LogP contribution >= 0.6 is 0 Å². The van der Waals surface area contributed by atoms with Gasteiger partial charge in [0.15, 0.2) is 0 Å². The van der Waals surface area contributed by atoms with Crippen LogP contribution in [0.2, 0.25) is 0 Å². The Labute approximate surface area is 61.8 Å². The van der Waals surface area contributed by atoms with Gasteiger partial charge >= 0.3 is 0 Å². The van der Waals surface area contributed by atoms with Gasteiger partial charge in [-0.05, 0) is 32.9 Å². The molecule has 0 fully saturated rings. The second-order valence-corrected chi connectivity index (χ2v) is 2.46. The van der Waals surface area contributed by atoms with Crippen molar-refractivity contribution in [3.8, 4) is 0 Å². The molecule has 0 rings (SSSR count). The van der Waals surface area contributed by atoms with Gasteiger partial charge < -0.3 is 11.5 Å². The van der Waals surface area contributed by atoms with Crippen LogP contribution in [0.15, 0.2) is 0 Å². The first-order valence-corrected chi connectivity index (χ1v) is 3.63. The third kappa shape index (κ3) is 3.58. The molecule has 0 aliphatic carbocycles. The van der Waals surface area contributed by atoms with Crippen LogP contribution in [0.5, 0.6) is 0 Å². The molecule has 0 aromatic heterocycles. The highest BCUT2D eigenvalue weighted by Gasteiger charge is 2.10. The van der Waals surface area contributed by atoms with Gasteiger partial charge in [-0.3, -0.25) is 4.79 Å².